The van der Waals surface area contributed by atoms with Crippen LogP contribution in [0.25, 0.3) is 6.08 Å². The molecule has 0 unspecified atom stereocenters. The van der Waals surface area contributed by atoms with E-state index < -0.39 is 8.56 Å². The third-order valence-electron chi connectivity index (χ3n) is 3.21. The van der Waals surface area contributed by atoms with Crippen LogP contribution < -0.4 is 0 Å². The maximum absolute atomic E-state index is 5.85. The van der Waals surface area contributed by atoms with Crippen LogP contribution in [0.4, 0.5) is 0 Å². The summed E-state index contributed by atoms with van der Waals surface area (Å²) in [5, 5.41) is 0. The van der Waals surface area contributed by atoms with E-state index in [2.05, 4.69) is 37.4 Å². The number of benzene rings is 1. The van der Waals surface area contributed by atoms with Crippen molar-refractivity contribution in [1.82, 2.24) is 0 Å². The fourth-order valence-corrected chi connectivity index (χ4v) is 4.64. The van der Waals surface area contributed by atoms with Gasteiger partial charge in [-0.15, -0.1) is 0 Å². The summed E-state index contributed by atoms with van der Waals surface area (Å²) >= 11 is 0. The van der Waals surface area contributed by atoms with Gasteiger partial charge in [0.2, 0.25) is 0 Å². The van der Waals surface area contributed by atoms with E-state index in [-0.39, 0.29) is 0 Å². The first-order chi connectivity index (χ1) is 9.13. The molecule has 1 aromatic carbocycles. The van der Waals surface area contributed by atoms with Crippen molar-refractivity contribution >= 4 is 14.6 Å². The van der Waals surface area contributed by atoms with Crippen LogP contribution in [0, 0.1) is 0 Å². The van der Waals surface area contributed by atoms with E-state index in [1.54, 1.807) is 0 Å². The zero-order chi connectivity index (χ0) is 14.1. The van der Waals surface area contributed by atoms with E-state index in [4.69, 9.17) is 8.85 Å². The summed E-state index contributed by atoms with van der Waals surface area (Å²) < 4.78 is 11.7. The highest BCUT2D eigenvalue weighted by molar-refractivity contribution is 6.66. The average Bonchev–Trinajstić information content (AvgIpc) is 2.40. The topological polar surface area (TPSA) is 18.5 Å². The highest BCUT2D eigenvalue weighted by atomic mass is 28.4. The molecule has 1 rings (SSSR count). The lowest BCUT2D eigenvalue weighted by Crippen LogP contribution is -2.38. The predicted octanol–water partition coefficient (Wildman–Crippen LogP) is 4.41. The van der Waals surface area contributed by atoms with Crippen molar-refractivity contribution < 1.29 is 8.85 Å². The molecule has 0 atom stereocenters. The molecule has 0 saturated heterocycles. The van der Waals surface area contributed by atoms with E-state index >= 15 is 0 Å². The fraction of sp³-hybridized carbons (Fsp3) is 0.500. The zero-order valence-corrected chi connectivity index (χ0v) is 13.4. The molecule has 0 bridgehead atoms. The molecule has 0 aliphatic carbocycles. The summed E-state index contributed by atoms with van der Waals surface area (Å²) in [5.41, 5.74) is 2.54. The van der Waals surface area contributed by atoms with E-state index in [1.165, 1.54) is 11.1 Å². The van der Waals surface area contributed by atoms with Gasteiger partial charge in [-0.05, 0) is 50.4 Å². The Hall–Kier alpha value is -0.903. The quantitative estimate of drug-likeness (QED) is 0.623. The molecule has 0 aliphatic heterocycles. The summed E-state index contributed by atoms with van der Waals surface area (Å²) in [6.45, 7) is 11.5. The van der Waals surface area contributed by atoms with Gasteiger partial charge in [-0.2, -0.15) is 0 Å². The summed E-state index contributed by atoms with van der Waals surface area (Å²) in [5.74, 6) is 0. The van der Waals surface area contributed by atoms with Gasteiger partial charge in [0.1, 0.15) is 0 Å². The van der Waals surface area contributed by atoms with Crippen LogP contribution in [0.3, 0.4) is 0 Å². The smallest absolute Gasteiger partial charge is 0.334 e. The van der Waals surface area contributed by atoms with Gasteiger partial charge in [0.05, 0.1) is 0 Å². The molecule has 1 aromatic rings. The minimum atomic E-state index is -1.94. The Morgan fingerprint density at radius 2 is 1.68 bits per heavy atom. The van der Waals surface area contributed by atoms with Gasteiger partial charge in [-0.25, -0.2) is 0 Å². The summed E-state index contributed by atoms with van der Waals surface area (Å²) in [6.07, 6.45) is 4.08. The lowest BCUT2D eigenvalue weighted by atomic mass is 10.1. The molecule has 2 nitrogen and oxygen atoms in total. The molecule has 0 spiro atoms. The molecule has 106 valence electrons. The van der Waals surface area contributed by atoms with Crippen molar-refractivity contribution in [3.63, 3.8) is 0 Å². The Morgan fingerprint density at radius 3 is 2.16 bits per heavy atom. The van der Waals surface area contributed by atoms with Crippen molar-refractivity contribution in [2.75, 3.05) is 13.2 Å². The lowest BCUT2D eigenvalue weighted by Gasteiger charge is -2.25. The monoisotopic (exact) mass is 278 g/mol. The average molecular weight is 278 g/mol. The van der Waals surface area contributed by atoms with Gasteiger partial charge in [0, 0.05) is 13.2 Å². The third kappa shape index (κ3) is 5.72. The number of hydrogen-bond donors (Lipinski definition) is 0. The van der Waals surface area contributed by atoms with Gasteiger partial charge in [-0.3, -0.25) is 0 Å². The number of hydrogen-bond acceptors (Lipinski definition) is 2. The summed E-state index contributed by atoms with van der Waals surface area (Å²) in [6, 6.07) is 9.64. The SMILES string of the molecule is C=Cc1ccc(CCC[Si](C)(OCC)OCC)cc1. The number of rotatable bonds is 9. The maximum Gasteiger partial charge on any atom is 0.334 e. The van der Waals surface area contributed by atoms with Crippen molar-refractivity contribution in [1.29, 1.82) is 0 Å². The normalized spacial score (nSPS) is 11.5. The van der Waals surface area contributed by atoms with Crippen LogP contribution in [0.15, 0.2) is 30.8 Å². The maximum atomic E-state index is 5.85. The minimum absolute atomic E-state index is 0.747. The Morgan fingerprint density at radius 1 is 1.11 bits per heavy atom. The highest BCUT2D eigenvalue weighted by Gasteiger charge is 2.29. The Labute approximate surface area is 118 Å². The van der Waals surface area contributed by atoms with Crippen molar-refractivity contribution in [3.8, 4) is 0 Å². The Kier molecular flexibility index (Phi) is 7.06. The fourth-order valence-electron chi connectivity index (χ4n) is 2.23. The molecule has 0 heterocycles. The first-order valence-electron chi connectivity index (χ1n) is 7.13. The molecule has 0 radical (unpaired) electrons. The van der Waals surface area contributed by atoms with E-state index in [0.29, 0.717) is 0 Å². The van der Waals surface area contributed by atoms with Crippen LogP contribution in [0.1, 0.15) is 31.4 Å². The van der Waals surface area contributed by atoms with Crippen molar-refractivity contribution in [2.45, 2.75) is 39.3 Å². The molecule has 3 heteroatoms. The van der Waals surface area contributed by atoms with Gasteiger partial charge < -0.3 is 8.85 Å². The first-order valence-corrected chi connectivity index (χ1v) is 9.65. The molecule has 0 aliphatic rings. The number of aryl methyl sites for hydroxylation is 1. The second-order valence-corrected chi connectivity index (χ2v) is 8.14. The van der Waals surface area contributed by atoms with Gasteiger partial charge in [0.25, 0.3) is 0 Å². The molecule has 0 fully saturated rings. The zero-order valence-electron chi connectivity index (χ0n) is 12.4. The van der Waals surface area contributed by atoms with Crippen molar-refractivity contribution in [3.05, 3.63) is 42.0 Å². The van der Waals surface area contributed by atoms with E-state index in [9.17, 15) is 0 Å². The van der Waals surface area contributed by atoms with E-state index in [0.717, 1.165) is 32.1 Å². The molecule has 0 aromatic heterocycles. The Bertz CT molecular complexity index is 367. The largest absolute Gasteiger partial charge is 0.395 e. The minimum Gasteiger partial charge on any atom is -0.395 e. The lowest BCUT2D eigenvalue weighted by molar-refractivity contribution is 0.188. The van der Waals surface area contributed by atoms with Crippen molar-refractivity contribution in [2.24, 2.45) is 0 Å². The second kappa shape index (κ2) is 8.30. The van der Waals surface area contributed by atoms with Gasteiger partial charge in [-0.1, -0.05) is 36.9 Å². The first kappa shape index (κ1) is 16.2. The van der Waals surface area contributed by atoms with Crippen LogP contribution in [0.5, 0.6) is 0 Å². The molecular formula is C16H26O2Si. The molecule has 0 amide bonds. The Balaban J connectivity index is 2.44. The van der Waals surface area contributed by atoms with Crippen LogP contribution >= 0.6 is 0 Å². The predicted molar refractivity (Wildman–Crippen MR) is 84.5 cm³/mol. The van der Waals surface area contributed by atoms with Crippen LogP contribution in [-0.4, -0.2) is 21.8 Å². The third-order valence-corrected chi connectivity index (χ3v) is 6.27. The van der Waals surface area contributed by atoms with E-state index in [1.807, 2.05) is 19.9 Å². The molecule has 19 heavy (non-hydrogen) atoms. The molecule has 0 N–H and O–H groups in total. The summed E-state index contributed by atoms with van der Waals surface area (Å²) in [4.78, 5) is 0. The van der Waals surface area contributed by atoms with Gasteiger partial charge in [0.15, 0.2) is 0 Å². The van der Waals surface area contributed by atoms with Crippen LogP contribution in [-0.2, 0) is 15.3 Å². The second-order valence-electron chi connectivity index (χ2n) is 4.80. The molecule has 0 saturated carbocycles. The highest BCUT2D eigenvalue weighted by Crippen LogP contribution is 2.18. The molecular weight excluding hydrogens is 252 g/mol. The summed E-state index contributed by atoms with van der Waals surface area (Å²) in [7, 11) is -1.94. The van der Waals surface area contributed by atoms with Crippen LogP contribution in [0.2, 0.25) is 12.6 Å². The standard InChI is InChI=1S/C16H26O2Si/c1-5-15-10-12-16(13-11-15)9-8-14-19(4,17-6-2)18-7-3/h5,10-13H,1,6-9,14H2,2-4H3. The van der Waals surface area contributed by atoms with Gasteiger partial charge >= 0.3 is 8.56 Å².